The van der Waals surface area contributed by atoms with Gasteiger partial charge in [-0.15, -0.1) is 0 Å². The fraction of sp³-hybridized carbons (Fsp3) is 0.280. The van der Waals surface area contributed by atoms with Crippen LogP contribution in [-0.4, -0.2) is 49.7 Å². The first kappa shape index (κ1) is 21.1. The van der Waals surface area contributed by atoms with Gasteiger partial charge in [-0.25, -0.2) is 14.4 Å². The van der Waals surface area contributed by atoms with Gasteiger partial charge in [0, 0.05) is 49.5 Å². The van der Waals surface area contributed by atoms with Crippen molar-refractivity contribution < 1.29 is 9.18 Å². The Kier molecular flexibility index (Phi) is 5.73. The molecule has 7 nitrogen and oxygen atoms in total. The Morgan fingerprint density at radius 2 is 1.97 bits per heavy atom. The van der Waals surface area contributed by atoms with Crippen LogP contribution in [-0.2, 0) is 7.05 Å². The van der Waals surface area contributed by atoms with E-state index in [2.05, 4.69) is 20.4 Å². The molecule has 1 amide bonds. The Balaban J connectivity index is 1.36. The summed E-state index contributed by atoms with van der Waals surface area (Å²) < 4.78 is 15.0. The third-order valence-corrected chi connectivity index (χ3v) is 6.06. The number of benzene rings is 2. The van der Waals surface area contributed by atoms with Crippen molar-refractivity contribution in [3.8, 4) is 11.1 Å². The van der Waals surface area contributed by atoms with E-state index >= 15 is 0 Å². The number of aryl methyl sites for hydroxylation is 1. The molecule has 5 rings (SSSR count). The van der Waals surface area contributed by atoms with Crippen molar-refractivity contribution in [2.75, 3.05) is 18.4 Å². The molecule has 4 aromatic rings. The normalized spacial score (nSPS) is 16.2. The molecular formula is C25H25FN6O. The van der Waals surface area contributed by atoms with Gasteiger partial charge in [0.1, 0.15) is 5.82 Å². The summed E-state index contributed by atoms with van der Waals surface area (Å²) in [5.74, 6) is 0.131. The summed E-state index contributed by atoms with van der Waals surface area (Å²) in [7, 11) is 1.79. The minimum Gasteiger partial charge on any atom is -0.352 e. The number of halogens is 1. The van der Waals surface area contributed by atoms with Crippen LogP contribution in [0.4, 0.5) is 10.3 Å². The van der Waals surface area contributed by atoms with E-state index in [1.807, 2.05) is 29.2 Å². The minimum absolute atomic E-state index is 0.00407. The number of hydrogen-bond donors (Lipinski definition) is 1. The molecule has 1 fully saturated rings. The molecule has 0 bridgehead atoms. The molecule has 0 spiro atoms. The zero-order valence-corrected chi connectivity index (χ0v) is 18.4. The average molecular weight is 445 g/mol. The second-order valence-corrected chi connectivity index (χ2v) is 8.35. The molecule has 0 radical (unpaired) electrons. The van der Waals surface area contributed by atoms with Gasteiger partial charge >= 0.3 is 0 Å². The summed E-state index contributed by atoms with van der Waals surface area (Å²) >= 11 is 0. The smallest absolute Gasteiger partial charge is 0.275 e. The maximum atomic E-state index is 13.6. The molecule has 1 aliphatic heterocycles. The van der Waals surface area contributed by atoms with Crippen molar-refractivity contribution in [3.05, 3.63) is 72.4 Å². The molecular weight excluding hydrogens is 419 g/mol. The van der Waals surface area contributed by atoms with Crippen LogP contribution in [0.15, 0.2) is 60.9 Å². The van der Waals surface area contributed by atoms with Crippen LogP contribution in [0.5, 0.6) is 0 Å². The van der Waals surface area contributed by atoms with Gasteiger partial charge in [-0.2, -0.15) is 5.10 Å². The van der Waals surface area contributed by atoms with Crippen molar-refractivity contribution in [2.24, 2.45) is 7.05 Å². The number of nitrogens with one attached hydrogen (secondary N) is 1. The summed E-state index contributed by atoms with van der Waals surface area (Å²) in [6, 6.07) is 14.0. The lowest BCUT2D eigenvalue weighted by Gasteiger charge is -2.35. The molecule has 1 saturated heterocycles. The highest BCUT2D eigenvalue weighted by atomic mass is 19.1. The van der Waals surface area contributed by atoms with E-state index in [4.69, 9.17) is 0 Å². The van der Waals surface area contributed by atoms with E-state index in [-0.39, 0.29) is 17.8 Å². The lowest BCUT2D eigenvalue weighted by Crippen LogP contribution is -2.47. The Hall–Kier alpha value is -3.81. The fourth-order valence-electron chi connectivity index (χ4n) is 4.37. The number of fused-ring (bicyclic) bond motifs is 1. The van der Waals surface area contributed by atoms with Crippen molar-refractivity contribution >= 4 is 22.8 Å². The largest absolute Gasteiger partial charge is 0.352 e. The third-order valence-electron chi connectivity index (χ3n) is 6.06. The second kappa shape index (κ2) is 8.97. The van der Waals surface area contributed by atoms with Crippen LogP contribution in [0, 0.1) is 5.82 Å². The molecule has 168 valence electrons. The van der Waals surface area contributed by atoms with Gasteiger partial charge in [-0.1, -0.05) is 30.3 Å². The van der Waals surface area contributed by atoms with Crippen LogP contribution in [0.3, 0.4) is 0 Å². The molecule has 2 aromatic heterocycles. The number of carbonyl (C=O) groups excluding carboxylic acids is 1. The predicted molar refractivity (Wildman–Crippen MR) is 125 cm³/mol. The molecule has 8 heteroatoms. The van der Waals surface area contributed by atoms with Crippen molar-refractivity contribution in [1.29, 1.82) is 0 Å². The van der Waals surface area contributed by atoms with Crippen LogP contribution in [0.25, 0.3) is 22.0 Å². The molecule has 2 aromatic carbocycles. The van der Waals surface area contributed by atoms with Gasteiger partial charge < -0.3 is 10.2 Å². The number of para-hydroxylation sites is 1. The average Bonchev–Trinajstić information content (AvgIpc) is 3.24. The van der Waals surface area contributed by atoms with Gasteiger partial charge in [0.05, 0.1) is 5.52 Å². The number of likely N-dealkylation sites (tertiary alicyclic amines) is 1. The summed E-state index contributed by atoms with van der Waals surface area (Å²) in [6.07, 6.45) is 6.51. The Bertz CT molecular complexity index is 1290. The molecule has 1 aliphatic rings. The number of anilines is 1. The summed E-state index contributed by atoms with van der Waals surface area (Å²) in [4.78, 5) is 24.5. The van der Waals surface area contributed by atoms with Gasteiger partial charge in [0.15, 0.2) is 5.69 Å². The maximum absolute atomic E-state index is 13.6. The quantitative estimate of drug-likeness (QED) is 0.497. The lowest BCUT2D eigenvalue weighted by molar-refractivity contribution is 0.0622. The fourth-order valence-corrected chi connectivity index (χ4v) is 4.37. The molecule has 1 atom stereocenters. The van der Waals surface area contributed by atoms with Crippen molar-refractivity contribution in [2.45, 2.75) is 25.3 Å². The predicted octanol–water partition coefficient (Wildman–Crippen LogP) is 4.28. The number of nitrogens with zero attached hydrogens (tertiary/aromatic N) is 5. The highest BCUT2D eigenvalue weighted by Gasteiger charge is 2.30. The van der Waals surface area contributed by atoms with Gasteiger partial charge in [-0.05, 0) is 43.0 Å². The molecule has 0 saturated carbocycles. The molecule has 1 N–H and O–H groups in total. The van der Waals surface area contributed by atoms with Crippen LogP contribution < -0.4 is 5.32 Å². The summed E-state index contributed by atoms with van der Waals surface area (Å²) in [5.41, 5.74) is 2.74. The Morgan fingerprint density at radius 3 is 2.82 bits per heavy atom. The number of amides is 1. The minimum atomic E-state index is -0.311. The topological polar surface area (TPSA) is 75.9 Å². The standard InChI is InChI=1S/C25H25FN6O/c1-31-16-21(17-9-11-19(26)12-10-17)23(30-31)24(33)32-13-5-4-7-20(32)15-28-25-27-14-18-6-2-3-8-22(18)29-25/h2-3,6,8-12,14,16,20H,4-5,7,13,15H2,1H3,(H,27,28,29). The summed E-state index contributed by atoms with van der Waals surface area (Å²) in [6.45, 7) is 1.23. The molecule has 3 heterocycles. The van der Waals surface area contributed by atoms with E-state index in [1.54, 1.807) is 36.3 Å². The first-order chi connectivity index (χ1) is 16.1. The molecule has 33 heavy (non-hydrogen) atoms. The van der Waals surface area contributed by atoms with Crippen LogP contribution in [0.1, 0.15) is 29.8 Å². The van der Waals surface area contributed by atoms with Gasteiger partial charge in [0.2, 0.25) is 5.95 Å². The highest BCUT2D eigenvalue weighted by molar-refractivity contribution is 5.99. The van der Waals surface area contributed by atoms with E-state index in [9.17, 15) is 9.18 Å². The van der Waals surface area contributed by atoms with Crippen molar-refractivity contribution in [3.63, 3.8) is 0 Å². The second-order valence-electron chi connectivity index (χ2n) is 8.35. The first-order valence-corrected chi connectivity index (χ1v) is 11.1. The Labute approximate surface area is 191 Å². The maximum Gasteiger partial charge on any atom is 0.275 e. The van der Waals surface area contributed by atoms with E-state index in [1.165, 1.54) is 12.1 Å². The number of carbonyl (C=O) groups is 1. The Morgan fingerprint density at radius 1 is 1.15 bits per heavy atom. The summed E-state index contributed by atoms with van der Waals surface area (Å²) in [5, 5.41) is 8.76. The van der Waals surface area contributed by atoms with E-state index in [0.717, 1.165) is 35.7 Å². The molecule has 1 unspecified atom stereocenters. The first-order valence-electron chi connectivity index (χ1n) is 11.1. The zero-order chi connectivity index (χ0) is 22.8. The third kappa shape index (κ3) is 4.41. The lowest BCUT2D eigenvalue weighted by atomic mass is 10.00. The van der Waals surface area contributed by atoms with Crippen LogP contribution >= 0.6 is 0 Å². The van der Waals surface area contributed by atoms with Crippen molar-refractivity contribution in [1.82, 2.24) is 24.6 Å². The zero-order valence-electron chi connectivity index (χ0n) is 18.4. The number of aromatic nitrogens is 4. The highest BCUT2D eigenvalue weighted by Crippen LogP contribution is 2.27. The van der Waals surface area contributed by atoms with Crippen LogP contribution in [0.2, 0.25) is 0 Å². The van der Waals surface area contributed by atoms with Gasteiger partial charge in [-0.3, -0.25) is 9.48 Å². The number of rotatable bonds is 5. The van der Waals surface area contributed by atoms with E-state index < -0.39 is 0 Å². The number of piperidine rings is 1. The van der Waals surface area contributed by atoms with E-state index in [0.29, 0.717) is 30.3 Å². The molecule has 0 aliphatic carbocycles. The monoisotopic (exact) mass is 444 g/mol. The SMILES string of the molecule is Cn1cc(-c2ccc(F)cc2)c(C(=O)N2CCCCC2CNc2ncc3ccccc3n2)n1. The number of hydrogen-bond acceptors (Lipinski definition) is 5. The van der Waals surface area contributed by atoms with Gasteiger partial charge in [0.25, 0.3) is 5.91 Å².